The molecule has 0 atom stereocenters. The highest BCUT2D eigenvalue weighted by Crippen LogP contribution is 2.22. The molecule has 8 heteroatoms. The number of tetrazole rings is 1. The molecule has 8 nitrogen and oxygen atoms in total. The molecule has 1 aliphatic heterocycles. The fraction of sp³-hybridized carbons (Fsp3) is 0.389. The van der Waals surface area contributed by atoms with E-state index in [0.717, 1.165) is 37.4 Å². The number of nitrogens with zero attached hydrogens (tertiary/aromatic N) is 7. The number of hydrogen-bond donors (Lipinski definition) is 0. The number of hydrogen-bond acceptors (Lipinski definition) is 6. The Morgan fingerprint density at radius 3 is 2.69 bits per heavy atom. The highest BCUT2D eigenvalue weighted by Gasteiger charge is 2.17. The quantitative estimate of drug-likeness (QED) is 0.687. The summed E-state index contributed by atoms with van der Waals surface area (Å²) in [6.07, 6.45) is 3.53. The first-order valence-corrected chi connectivity index (χ1v) is 8.82. The van der Waals surface area contributed by atoms with E-state index in [1.165, 1.54) is 15.8 Å². The average molecular weight is 351 g/mol. The number of fused-ring (bicyclic) bond motifs is 1. The first-order valence-electron chi connectivity index (χ1n) is 8.82. The van der Waals surface area contributed by atoms with Gasteiger partial charge in [-0.3, -0.25) is 4.79 Å². The van der Waals surface area contributed by atoms with Crippen LogP contribution >= 0.6 is 0 Å². The number of aryl methyl sites for hydroxylation is 3. The molecule has 0 saturated heterocycles. The minimum absolute atomic E-state index is 0.0743. The van der Waals surface area contributed by atoms with E-state index in [2.05, 4.69) is 49.8 Å². The second-order valence-electron chi connectivity index (χ2n) is 6.52. The Balaban J connectivity index is 1.42. The van der Waals surface area contributed by atoms with Crippen LogP contribution in [0, 0.1) is 6.92 Å². The van der Waals surface area contributed by atoms with Crippen molar-refractivity contribution < 1.29 is 0 Å². The van der Waals surface area contributed by atoms with Crippen molar-refractivity contribution in [2.45, 2.75) is 39.4 Å². The van der Waals surface area contributed by atoms with Crippen LogP contribution in [0.5, 0.6) is 0 Å². The van der Waals surface area contributed by atoms with Gasteiger partial charge in [-0.05, 0) is 41.3 Å². The zero-order chi connectivity index (χ0) is 17.9. The van der Waals surface area contributed by atoms with E-state index in [1.54, 1.807) is 16.9 Å². The summed E-state index contributed by atoms with van der Waals surface area (Å²) in [4.78, 5) is 14.6. The second-order valence-corrected chi connectivity index (χ2v) is 6.52. The van der Waals surface area contributed by atoms with Gasteiger partial charge in [0.15, 0.2) is 0 Å². The first-order chi connectivity index (χ1) is 12.7. The molecule has 0 saturated carbocycles. The van der Waals surface area contributed by atoms with Crippen molar-refractivity contribution in [1.82, 2.24) is 30.0 Å². The van der Waals surface area contributed by atoms with Gasteiger partial charge in [-0.25, -0.2) is 9.36 Å². The summed E-state index contributed by atoms with van der Waals surface area (Å²) < 4.78 is 3.23. The predicted molar refractivity (Wildman–Crippen MR) is 96.9 cm³/mol. The van der Waals surface area contributed by atoms with E-state index in [0.29, 0.717) is 13.1 Å². The average Bonchev–Trinajstić information content (AvgIpc) is 3.07. The predicted octanol–water partition coefficient (Wildman–Crippen LogP) is 1.19. The summed E-state index contributed by atoms with van der Waals surface area (Å²) in [5.74, 6) is 0.769. The van der Waals surface area contributed by atoms with Crippen LogP contribution in [-0.4, -0.2) is 36.5 Å². The van der Waals surface area contributed by atoms with Crippen LogP contribution in [0.2, 0.25) is 0 Å². The highest BCUT2D eigenvalue weighted by molar-refractivity contribution is 5.47. The fourth-order valence-electron chi connectivity index (χ4n) is 3.31. The number of rotatable bonds is 5. The molecule has 3 aromatic rings. The summed E-state index contributed by atoms with van der Waals surface area (Å²) in [5.41, 5.74) is 3.52. The Morgan fingerprint density at radius 1 is 1.12 bits per heavy atom. The first kappa shape index (κ1) is 16.4. The Morgan fingerprint density at radius 2 is 1.92 bits per heavy atom. The van der Waals surface area contributed by atoms with Gasteiger partial charge in [-0.2, -0.15) is 5.10 Å². The molecule has 26 heavy (non-hydrogen) atoms. The molecule has 1 aromatic carbocycles. The second kappa shape index (κ2) is 7.07. The molecule has 1 aliphatic rings. The van der Waals surface area contributed by atoms with Gasteiger partial charge < -0.3 is 4.90 Å². The highest BCUT2D eigenvalue weighted by atomic mass is 16.1. The van der Waals surface area contributed by atoms with Gasteiger partial charge in [0, 0.05) is 32.2 Å². The van der Waals surface area contributed by atoms with Crippen molar-refractivity contribution in [3.8, 4) is 0 Å². The zero-order valence-electron chi connectivity index (χ0n) is 14.7. The van der Waals surface area contributed by atoms with Crippen LogP contribution in [0.3, 0.4) is 0 Å². The lowest BCUT2D eigenvalue weighted by Gasteiger charge is -2.30. The molecule has 0 N–H and O–H groups in total. The Bertz CT molecular complexity index is 962. The largest absolute Gasteiger partial charge is 0.365 e. The lowest BCUT2D eigenvalue weighted by atomic mass is 10.00. The van der Waals surface area contributed by atoms with E-state index in [1.807, 2.05) is 6.92 Å². The smallest absolute Gasteiger partial charge is 0.268 e. The Labute approximate surface area is 151 Å². The van der Waals surface area contributed by atoms with Crippen molar-refractivity contribution in [2.75, 3.05) is 11.4 Å². The van der Waals surface area contributed by atoms with Gasteiger partial charge >= 0.3 is 0 Å². The summed E-state index contributed by atoms with van der Waals surface area (Å²) in [7, 11) is 0. The molecule has 3 heterocycles. The monoisotopic (exact) mass is 351 g/mol. The maximum absolute atomic E-state index is 12.4. The lowest BCUT2D eigenvalue weighted by molar-refractivity contribution is 0.473. The van der Waals surface area contributed by atoms with Crippen LogP contribution in [0.25, 0.3) is 0 Å². The SMILES string of the molecule is Cc1nnnn1CCCn1ncc(N2CCc3ccccc3C2)cc1=O. The summed E-state index contributed by atoms with van der Waals surface area (Å²) >= 11 is 0. The van der Waals surface area contributed by atoms with Crippen molar-refractivity contribution in [1.29, 1.82) is 0 Å². The van der Waals surface area contributed by atoms with E-state index in [-0.39, 0.29) is 5.56 Å². The van der Waals surface area contributed by atoms with E-state index in [4.69, 9.17) is 0 Å². The lowest BCUT2D eigenvalue weighted by Crippen LogP contribution is -2.32. The van der Waals surface area contributed by atoms with Gasteiger partial charge in [-0.1, -0.05) is 24.3 Å². The molecule has 0 radical (unpaired) electrons. The molecule has 4 rings (SSSR count). The van der Waals surface area contributed by atoms with Gasteiger partial charge in [-0.15, -0.1) is 5.10 Å². The van der Waals surface area contributed by atoms with Crippen LogP contribution in [0.4, 0.5) is 5.69 Å². The third-order valence-electron chi connectivity index (χ3n) is 4.80. The summed E-state index contributed by atoms with van der Waals surface area (Å²) in [6, 6.07) is 10.1. The molecule has 0 unspecified atom stereocenters. The van der Waals surface area contributed by atoms with Gasteiger partial charge in [0.25, 0.3) is 5.56 Å². The number of anilines is 1. The molecule has 0 spiro atoms. The normalized spacial score (nSPS) is 13.7. The number of aromatic nitrogens is 6. The number of benzene rings is 1. The molecule has 134 valence electrons. The molecule has 0 bridgehead atoms. The Kier molecular flexibility index (Phi) is 4.47. The van der Waals surface area contributed by atoms with Crippen LogP contribution < -0.4 is 10.5 Å². The van der Waals surface area contributed by atoms with Crippen molar-refractivity contribution in [2.24, 2.45) is 0 Å². The maximum Gasteiger partial charge on any atom is 0.268 e. The van der Waals surface area contributed by atoms with Crippen molar-refractivity contribution in [3.05, 3.63) is 63.8 Å². The van der Waals surface area contributed by atoms with E-state index < -0.39 is 0 Å². The van der Waals surface area contributed by atoms with Crippen LogP contribution in [0.1, 0.15) is 23.4 Å². The topological polar surface area (TPSA) is 81.7 Å². The minimum atomic E-state index is -0.0743. The summed E-state index contributed by atoms with van der Waals surface area (Å²) in [6.45, 7) is 4.79. The molecule has 0 aliphatic carbocycles. The van der Waals surface area contributed by atoms with Crippen LogP contribution in [0.15, 0.2) is 41.3 Å². The van der Waals surface area contributed by atoms with Crippen molar-refractivity contribution >= 4 is 5.69 Å². The molecule has 2 aromatic heterocycles. The molecule has 0 amide bonds. The van der Waals surface area contributed by atoms with Crippen molar-refractivity contribution in [3.63, 3.8) is 0 Å². The third-order valence-corrected chi connectivity index (χ3v) is 4.80. The standard InChI is InChI=1S/C18H21N7O/c1-14-20-21-22-24(14)8-4-9-25-18(26)11-17(12-19-25)23-10-7-15-5-2-3-6-16(15)13-23/h2-3,5-6,11-12H,4,7-10,13H2,1H3. The zero-order valence-corrected chi connectivity index (χ0v) is 14.7. The molecular weight excluding hydrogens is 330 g/mol. The third kappa shape index (κ3) is 3.35. The van der Waals surface area contributed by atoms with E-state index in [9.17, 15) is 4.79 Å². The van der Waals surface area contributed by atoms with Gasteiger partial charge in [0.2, 0.25) is 0 Å². The maximum atomic E-state index is 12.4. The molecule has 0 fully saturated rings. The minimum Gasteiger partial charge on any atom is -0.365 e. The van der Waals surface area contributed by atoms with Gasteiger partial charge in [0.1, 0.15) is 5.82 Å². The molecular formula is C18H21N7O. The van der Waals surface area contributed by atoms with Gasteiger partial charge in [0.05, 0.1) is 11.9 Å². The summed E-state index contributed by atoms with van der Waals surface area (Å²) in [5, 5.41) is 15.7. The van der Waals surface area contributed by atoms with Crippen LogP contribution in [-0.2, 0) is 26.1 Å². The van der Waals surface area contributed by atoms with E-state index >= 15 is 0 Å². The Hall–Kier alpha value is -3.03. The fourth-order valence-corrected chi connectivity index (χ4v) is 3.31.